The van der Waals surface area contributed by atoms with E-state index in [0.29, 0.717) is 0 Å². The molecule has 134 valence electrons. The van der Waals surface area contributed by atoms with E-state index in [1.54, 1.807) is 0 Å². The second kappa shape index (κ2) is 7.70. The van der Waals surface area contributed by atoms with E-state index >= 15 is 0 Å². The van der Waals surface area contributed by atoms with E-state index in [-0.39, 0.29) is 5.41 Å². The molecule has 1 aromatic carbocycles. The zero-order chi connectivity index (χ0) is 17.9. The Balaban J connectivity index is 1.77. The summed E-state index contributed by atoms with van der Waals surface area (Å²) < 4.78 is 6.57. The van der Waals surface area contributed by atoms with Gasteiger partial charge in [-0.15, -0.1) is 0 Å². The highest BCUT2D eigenvalue weighted by Crippen LogP contribution is 2.27. The molecule has 0 spiro atoms. The molecule has 1 saturated heterocycles. The standard InChI is InChI=1S/C19H25BrN4O/c1-19(2,3)18-21-7-6-17(23-18)22-13-14-4-5-15(20)12-16(14)24-8-10-25-11-9-24/h4-7,12H,8-11,13H2,1-3H3,(H,21,22,23). The van der Waals surface area contributed by atoms with E-state index in [4.69, 9.17) is 4.74 Å². The van der Waals surface area contributed by atoms with Crippen LogP contribution < -0.4 is 10.2 Å². The smallest absolute Gasteiger partial charge is 0.135 e. The Morgan fingerprint density at radius 2 is 1.96 bits per heavy atom. The molecule has 25 heavy (non-hydrogen) atoms. The average molecular weight is 405 g/mol. The van der Waals surface area contributed by atoms with Gasteiger partial charge in [0.1, 0.15) is 11.6 Å². The Morgan fingerprint density at radius 3 is 2.68 bits per heavy atom. The summed E-state index contributed by atoms with van der Waals surface area (Å²) in [7, 11) is 0. The van der Waals surface area contributed by atoms with Crippen LogP contribution in [0.1, 0.15) is 32.2 Å². The molecule has 1 fully saturated rings. The summed E-state index contributed by atoms with van der Waals surface area (Å²) in [6.07, 6.45) is 1.82. The van der Waals surface area contributed by atoms with Crippen LogP contribution in [0.4, 0.5) is 11.5 Å². The van der Waals surface area contributed by atoms with Gasteiger partial charge in [-0.05, 0) is 23.8 Å². The number of benzene rings is 1. The number of rotatable bonds is 4. The fourth-order valence-electron chi connectivity index (χ4n) is 2.79. The average Bonchev–Trinajstić information content (AvgIpc) is 2.61. The largest absolute Gasteiger partial charge is 0.378 e. The zero-order valence-corrected chi connectivity index (χ0v) is 16.6. The van der Waals surface area contributed by atoms with Crippen LogP contribution in [0.25, 0.3) is 0 Å². The van der Waals surface area contributed by atoms with Crippen LogP contribution in [0.15, 0.2) is 34.9 Å². The van der Waals surface area contributed by atoms with Crippen molar-refractivity contribution >= 4 is 27.4 Å². The second-order valence-electron chi connectivity index (χ2n) is 7.24. The van der Waals surface area contributed by atoms with Crippen LogP contribution in [0.2, 0.25) is 0 Å². The number of aromatic nitrogens is 2. The highest BCUT2D eigenvalue weighted by Gasteiger charge is 2.18. The molecule has 0 aliphatic carbocycles. The lowest BCUT2D eigenvalue weighted by atomic mass is 9.96. The number of hydrogen-bond acceptors (Lipinski definition) is 5. The fraction of sp³-hybridized carbons (Fsp3) is 0.474. The monoisotopic (exact) mass is 404 g/mol. The van der Waals surface area contributed by atoms with Crippen molar-refractivity contribution in [2.24, 2.45) is 0 Å². The summed E-state index contributed by atoms with van der Waals surface area (Å²) in [6.45, 7) is 10.5. The lowest BCUT2D eigenvalue weighted by Crippen LogP contribution is -2.36. The molecule has 2 heterocycles. The third kappa shape index (κ3) is 4.70. The first kappa shape index (κ1) is 18.1. The highest BCUT2D eigenvalue weighted by atomic mass is 79.9. The lowest BCUT2D eigenvalue weighted by molar-refractivity contribution is 0.122. The summed E-state index contributed by atoms with van der Waals surface area (Å²) in [5.41, 5.74) is 2.44. The molecular formula is C19H25BrN4O. The molecular weight excluding hydrogens is 380 g/mol. The maximum absolute atomic E-state index is 5.48. The lowest BCUT2D eigenvalue weighted by Gasteiger charge is -2.31. The van der Waals surface area contributed by atoms with E-state index in [1.807, 2.05) is 12.3 Å². The Labute approximate surface area is 157 Å². The molecule has 2 aromatic rings. The summed E-state index contributed by atoms with van der Waals surface area (Å²) in [4.78, 5) is 11.4. The summed E-state index contributed by atoms with van der Waals surface area (Å²) in [5, 5.41) is 3.45. The van der Waals surface area contributed by atoms with Crippen molar-refractivity contribution in [3.63, 3.8) is 0 Å². The predicted molar refractivity (Wildman–Crippen MR) is 105 cm³/mol. The van der Waals surface area contributed by atoms with Gasteiger partial charge in [-0.1, -0.05) is 42.8 Å². The number of halogens is 1. The minimum Gasteiger partial charge on any atom is -0.378 e. The van der Waals surface area contributed by atoms with Gasteiger partial charge in [0.15, 0.2) is 0 Å². The molecule has 1 aliphatic rings. The first-order valence-electron chi connectivity index (χ1n) is 8.62. The molecule has 3 rings (SSSR count). The van der Waals surface area contributed by atoms with Crippen molar-refractivity contribution in [3.8, 4) is 0 Å². The fourth-order valence-corrected chi connectivity index (χ4v) is 3.14. The third-order valence-corrected chi connectivity index (χ3v) is 4.68. The first-order valence-corrected chi connectivity index (χ1v) is 9.41. The number of hydrogen-bond donors (Lipinski definition) is 1. The Kier molecular flexibility index (Phi) is 5.59. The van der Waals surface area contributed by atoms with Crippen molar-refractivity contribution < 1.29 is 4.74 Å². The van der Waals surface area contributed by atoms with Gasteiger partial charge in [0.05, 0.1) is 13.2 Å². The number of nitrogens with one attached hydrogen (secondary N) is 1. The number of anilines is 2. The van der Waals surface area contributed by atoms with Crippen molar-refractivity contribution in [1.29, 1.82) is 0 Å². The summed E-state index contributed by atoms with van der Waals surface area (Å²) in [6, 6.07) is 8.35. The van der Waals surface area contributed by atoms with Crippen LogP contribution in [0, 0.1) is 0 Å². The van der Waals surface area contributed by atoms with E-state index in [9.17, 15) is 0 Å². The quantitative estimate of drug-likeness (QED) is 0.834. The van der Waals surface area contributed by atoms with Gasteiger partial charge in [-0.2, -0.15) is 0 Å². The van der Waals surface area contributed by atoms with E-state index < -0.39 is 0 Å². The van der Waals surface area contributed by atoms with Crippen molar-refractivity contribution in [1.82, 2.24) is 9.97 Å². The molecule has 0 unspecified atom stereocenters. The Morgan fingerprint density at radius 1 is 1.20 bits per heavy atom. The molecule has 1 N–H and O–H groups in total. The molecule has 1 aliphatic heterocycles. The first-order chi connectivity index (χ1) is 11.9. The molecule has 0 saturated carbocycles. The molecule has 6 heteroatoms. The maximum atomic E-state index is 5.48. The normalized spacial score (nSPS) is 15.3. The van der Waals surface area contributed by atoms with E-state index in [0.717, 1.165) is 49.0 Å². The molecule has 0 radical (unpaired) electrons. The SMILES string of the molecule is CC(C)(C)c1nccc(NCc2ccc(Br)cc2N2CCOCC2)n1. The molecule has 0 atom stereocenters. The van der Waals surface area contributed by atoms with Crippen LogP contribution in [-0.2, 0) is 16.7 Å². The second-order valence-corrected chi connectivity index (χ2v) is 8.16. The van der Waals surface area contributed by atoms with Gasteiger partial charge in [0, 0.05) is 41.4 Å². The molecule has 5 nitrogen and oxygen atoms in total. The number of morpholine rings is 1. The highest BCUT2D eigenvalue weighted by molar-refractivity contribution is 9.10. The topological polar surface area (TPSA) is 50.3 Å². The van der Waals surface area contributed by atoms with Crippen molar-refractivity contribution in [3.05, 3.63) is 46.3 Å². The van der Waals surface area contributed by atoms with Gasteiger partial charge >= 0.3 is 0 Å². The maximum Gasteiger partial charge on any atom is 0.135 e. The number of ether oxygens (including phenoxy) is 1. The van der Waals surface area contributed by atoms with Crippen LogP contribution in [0.5, 0.6) is 0 Å². The van der Waals surface area contributed by atoms with Gasteiger partial charge in [-0.3, -0.25) is 0 Å². The Hall–Kier alpha value is -1.66. The van der Waals surface area contributed by atoms with E-state index in [1.165, 1.54) is 11.3 Å². The zero-order valence-electron chi connectivity index (χ0n) is 15.1. The van der Waals surface area contributed by atoms with Crippen LogP contribution >= 0.6 is 15.9 Å². The van der Waals surface area contributed by atoms with Gasteiger partial charge < -0.3 is 15.0 Å². The summed E-state index contributed by atoms with van der Waals surface area (Å²) >= 11 is 3.59. The van der Waals surface area contributed by atoms with Gasteiger partial charge in [0.25, 0.3) is 0 Å². The minimum absolute atomic E-state index is 0.0612. The van der Waals surface area contributed by atoms with Crippen molar-refractivity contribution in [2.75, 3.05) is 36.5 Å². The predicted octanol–water partition coefficient (Wildman–Crippen LogP) is 3.99. The third-order valence-electron chi connectivity index (χ3n) is 4.19. The molecule has 0 amide bonds. The van der Waals surface area contributed by atoms with Crippen molar-refractivity contribution in [2.45, 2.75) is 32.7 Å². The van der Waals surface area contributed by atoms with Gasteiger partial charge in [0.2, 0.25) is 0 Å². The number of nitrogens with zero attached hydrogens (tertiary/aromatic N) is 3. The summed E-state index contributed by atoms with van der Waals surface area (Å²) in [5.74, 6) is 1.71. The minimum atomic E-state index is -0.0612. The Bertz CT molecular complexity index is 724. The molecule has 1 aromatic heterocycles. The van der Waals surface area contributed by atoms with Gasteiger partial charge in [-0.25, -0.2) is 9.97 Å². The van der Waals surface area contributed by atoms with Crippen LogP contribution in [-0.4, -0.2) is 36.3 Å². The molecule has 0 bridgehead atoms. The van der Waals surface area contributed by atoms with Crippen LogP contribution in [0.3, 0.4) is 0 Å². The van der Waals surface area contributed by atoms with E-state index in [2.05, 4.69) is 75.1 Å².